The maximum atomic E-state index is 13.6. The van der Waals surface area contributed by atoms with E-state index in [0.29, 0.717) is 38.0 Å². The van der Waals surface area contributed by atoms with E-state index in [0.717, 1.165) is 11.1 Å². The predicted molar refractivity (Wildman–Crippen MR) is 134 cm³/mol. The number of ether oxygens (including phenoxy) is 1. The third-order valence-electron chi connectivity index (χ3n) is 6.77. The van der Waals surface area contributed by atoms with Crippen molar-refractivity contribution in [2.45, 2.75) is 44.3 Å². The highest BCUT2D eigenvalue weighted by Gasteiger charge is 2.42. The zero-order chi connectivity index (χ0) is 27.3. The number of rotatable bonds is 7. The Bertz CT molecular complexity index is 1300. The Balaban J connectivity index is 1.55. The van der Waals surface area contributed by atoms with Gasteiger partial charge in [-0.1, -0.05) is 48.5 Å². The molecule has 1 aliphatic rings. The highest BCUT2D eigenvalue weighted by molar-refractivity contribution is 5.98. The summed E-state index contributed by atoms with van der Waals surface area (Å²) in [5.41, 5.74) is 8.67. The van der Waals surface area contributed by atoms with Crippen LogP contribution in [0, 0.1) is 5.82 Å². The number of alkyl halides is 3. The van der Waals surface area contributed by atoms with Gasteiger partial charge in [-0.05, 0) is 72.1 Å². The molecule has 0 bridgehead atoms. The lowest BCUT2D eigenvalue weighted by Crippen LogP contribution is -2.38. The molecule has 0 atom stereocenters. The summed E-state index contributed by atoms with van der Waals surface area (Å²) < 4.78 is 57.6. The fourth-order valence-electron chi connectivity index (χ4n) is 4.75. The highest BCUT2D eigenvalue weighted by Crippen LogP contribution is 2.33. The molecule has 2 N–H and O–H groups in total. The fourth-order valence-corrected chi connectivity index (χ4v) is 4.75. The Morgan fingerprint density at radius 2 is 1.61 bits per heavy atom. The van der Waals surface area contributed by atoms with Gasteiger partial charge in [0.1, 0.15) is 11.6 Å². The van der Waals surface area contributed by atoms with Crippen LogP contribution in [0.4, 0.5) is 17.6 Å². The molecule has 0 aromatic heterocycles. The van der Waals surface area contributed by atoms with Crippen LogP contribution in [-0.2, 0) is 24.2 Å². The number of carbonyl (C=O) groups is 2. The molecule has 1 aliphatic heterocycles. The highest BCUT2D eigenvalue weighted by atomic mass is 19.4. The third-order valence-corrected chi connectivity index (χ3v) is 6.77. The second-order valence-electron chi connectivity index (χ2n) is 9.33. The first kappa shape index (κ1) is 27.3. The van der Waals surface area contributed by atoms with Crippen LogP contribution in [-0.4, -0.2) is 36.0 Å². The molecule has 0 radical (unpaired) electrons. The molecule has 9 heteroatoms. The number of benzene rings is 3. The standard InChI is InChI=1S/C29H28F4N2O3/c30-24-8-2-4-19(17-24)10-11-22-6-3-9-25(26(22)38-28(37)29(31,32)33)27(36)35-14-12-21(13-15-35)23-7-1-5-20(16-23)18-34/h1-9,16-17,21H,10-15,18,34H2. The van der Waals surface area contributed by atoms with E-state index in [9.17, 15) is 27.2 Å². The van der Waals surface area contributed by atoms with Crippen molar-refractivity contribution in [1.29, 1.82) is 0 Å². The summed E-state index contributed by atoms with van der Waals surface area (Å²) in [5, 5.41) is 0. The van der Waals surface area contributed by atoms with Gasteiger partial charge in [-0.15, -0.1) is 0 Å². The van der Waals surface area contributed by atoms with Crippen molar-refractivity contribution in [2.24, 2.45) is 5.73 Å². The number of hydrogen-bond acceptors (Lipinski definition) is 4. The maximum absolute atomic E-state index is 13.6. The number of halogens is 4. The zero-order valence-corrected chi connectivity index (χ0v) is 20.6. The average Bonchev–Trinajstić information content (AvgIpc) is 2.91. The summed E-state index contributed by atoms with van der Waals surface area (Å²) in [7, 11) is 0. The van der Waals surface area contributed by atoms with Crippen LogP contribution in [0.2, 0.25) is 0 Å². The van der Waals surface area contributed by atoms with Gasteiger partial charge in [0.2, 0.25) is 0 Å². The quantitative estimate of drug-likeness (QED) is 0.248. The van der Waals surface area contributed by atoms with Crippen LogP contribution in [0.5, 0.6) is 5.75 Å². The monoisotopic (exact) mass is 528 g/mol. The van der Waals surface area contributed by atoms with Crippen molar-refractivity contribution in [1.82, 2.24) is 4.90 Å². The molecule has 3 aromatic rings. The number of hydrogen-bond donors (Lipinski definition) is 1. The lowest BCUT2D eigenvalue weighted by molar-refractivity contribution is -0.189. The van der Waals surface area contributed by atoms with Crippen molar-refractivity contribution in [2.75, 3.05) is 13.1 Å². The molecule has 1 amide bonds. The average molecular weight is 529 g/mol. The summed E-state index contributed by atoms with van der Waals surface area (Å²) in [6, 6.07) is 18.2. The van der Waals surface area contributed by atoms with Gasteiger partial charge in [-0.25, -0.2) is 9.18 Å². The molecule has 4 rings (SSSR count). The Labute approximate surface area is 218 Å². The van der Waals surface area contributed by atoms with Gasteiger partial charge in [-0.2, -0.15) is 13.2 Å². The number of para-hydroxylation sites is 1. The number of carbonyl (C=O) groups excluding carboxylic acids is 2. The van der Waals surface area contributed by atoms with Crippen LogP contribution < -0.4 is 10.5 Å². The van der Waals surface area contributed by atoms with Crippen molar-refractivity contribution in [3.8, 4) is 5.75 Å². The molecule has 0 unspecified atom stereocenters. The molecular formula is C29H28F4N2O3. The van der Waals surface area contributed by atoms with Crippen LogP contribution in [0.25, 0.3) is 0 Å². The van der Waals surface area contributed by atoms with Gasteiger partial charge < -0.3 is 15.4 Å². The SMILES string of the molecule is NCc1cccc(C2CCN(C(=O)c3cccc(CCc4cccc(F)c4)c3OC(=O)C(F)(F)F)CC2)c1. The number of nitrogens with two attached hydrogens (primary N) is 1. The molecule has 5 nitrogen and oxygen atoms in total. The molecule has 3 aromatic carbocycles. The van der Waals surface area contributed by atoms with Crippen LogP contribution in [0.15, 0.2) is 66.7 Å². The second-order valence-corrected chi connectivity index (χ2v) is 9.33. The van der Waals surface area contributed by atoms with Crippen molar-refractivity contribution >= 4 is 11.9 Å². The number of likely N-dealkylation sites (tertiary alicyclic amines) is 1. The number of nitrogens with zero attached hydrogens (tertiary/aromatic N) is 1. The third kappa shape index (κ3) is 6.58. The summed E-state index contributed by atoms with van der Waals surface area (Å²) in [6.07, 6.45) is -3.45. The molecular weight excluding hydrogens is 500 g/mol. The van der Waals surface area contributed by atoms with Gasteiger partial charge in [0.25, 0.3) is 5.91 Å². The fraction of sp³-hybridized carbons (Fsp3) is 0.310. The van der Waals surface area contributed by atoms with Crippen molar-refractivity contribution in [3.05, 3.63) is 100 Å². The molecule has 200 valence electrons. The normalized spacial score (nSPS) is 14.4. The number of esters is 1. The summed E-state index contributed by atoms with van der Waals surface area (Å²) in [4.78, 5) is 26.8. The molecule has 0 spiro atoms. The van der Waals surface area contributed by atoms with Crippen molar-refractivity contribution in [3.63, 3.8) is 0 Å². The molecule has 38 heavy (non-hydrogen) atoms. The number of amides is 1. The molecule has 0 saturated carbocycles. The first-order valence-corrected chi connectivity index (χ1v) is 12.4. The molecule has 0 aliphatic carbocycles. The summed E-state index contributed by atoms with van der Waals surface area (Å²) in [5.74, 6) is -3.52. The lowest BCUT2D eigenvalue weighted by Gasteiger charge is -2.33. The molecule has 1 saturated heterocycles. The largest absolute Gasteiger partial charge is 0.491 e. The minimum atomic E-state index is -5.23. The first-order valence-electron chi connectivity index (χ1n) is 12.4. The van der Waals surface area contributed by atoms with Gasteiger partial charge >= 0.3 is 12.1 Å². The van der Waals surface area contributed by atoms with E-state index in [1.165, 1.54) is 30.3 Å². The minimum absolute atomic E-state index is 0.108. The maximum Gasteiger partial charge on any atom is 0.491 e. The zero-order valence-electron chi connectivity index (χ0n) is 20.6. The van der Waals surface area contributed by atoms with E-state index >= 15 is 0 Å². The van der Waals surface area contributed by atoms with Crippen LogP contribution in [0.1, 0.15) is 51.4 Å². The van der Waals surface area contributed by atoms with E-state index < -0.39 is 29.6 Å². The van der Waals surface area contributed by atoms with E-state index in [-0.39, 0.29) is 29.9 Å². The predicted octanol–water partition coefficient (Wildman–Crippen LogP) is 5.56. The van der Waals surface area contributed by atoms with E-state index in [1.54, 1.807) is 17.0 Å². The Hall–Kier alpha value is -3.72. The van der Waals surface area contributed by atoms with Gasteiger partial charge in [0.05, 0.1) is 5.56 Å². The summed E-state index contributed by atoms with van der Waals surface area (Å²) in [6.45, 7) is 1.23. The topological polar surface area (TPSA) is 72.6 Å². The van der Waals surface area contributed by atoms with E-state index in [2.05, 4.69) is 6.07 Å². The first-order chi connectivity index (χ1) is 18.2. The van der Waals surface area contributed by atoms with Crippen LogP contribution in [0.3, 0.4) is 0 Å². The van der Waals surface area contributed by atoms with Crippen LogP contribution >= 0.6 is 0 Å². The van der Waals surface area contributed by atoms with Gasteiger partial charge in [-0.3, -0.25) is 4.79 Å². The second kappa shape index (κ2) is 11.8. The Morgan fingerprint density at radius 1 is 0.921 bits per heavy atom. The Morgan fingerprint density at radius 3 is 2.29 bits per heavy atom. The summed E-state index contributed by atoms with van der Waals surface area (Å²) >= 11 is 0. The minimum Gasteiger partial charge on any atom is -0.419 e. The van der Waals surface area contributed by atoms with E-state index in [4.69, 9.17) is 10.5 Å². The molecule has 1 heterocycles. The van der Waals surface area contributed by atoms with Gasteiger partial charge in [0.15, 0.2) is 0 Å². The van der Waals surface area contributed by atoms with Crippen molar-refractivity contribution < 1.29 is 31.9 Å². The van der Waals surface area contributed by atoms with Gasteiger partial charge in [0, 0.05) is 19.6 Å². The number of piperidine rings is 1. The smallest absolute Gasteiger partial charge is 0.419 e. The molecule has 1 fully saturated rings. The van der Waals surface area contributed by atoms with E-state index in [1.807, 2.05) is 18.2 Å². The Kier molecular flexibility index (Phi) is 8.46. The number of aryl methyl sites for hydroxylation is 2. The lowest BCUT2D eigenvalue weighted by atomic mass is 9.88.